The molecule has 5 heteroatoms. The van der Waals surface area contributed by atoms with E-state index in [2.05, 4.69) is 15.9 Å². The smallest absolute Gasteiger partial charge is 0.231 e. The molecule has 0 bridgehead atoms. The number of ether oxygens (including phenoxy) is 2. The standard InChI is InChI=1S/C8H5BrCl2O2/c9-5-1-4(2-10)6(11)8-7(5)12-3-13-8/h1H,2-3H2. The Labute approximate surface area is 93.9 Å². The van der Waals surface area contributed by atoms with Gasteiger partial charge in [-0.2, -0.15) is 0 Å². The molecule has 0 atom stereocenters. The highest BCUT2D eigenvalue weighted by molar-refractivity contribution is 9.10. The van der Waals surface area contributed by atoms with Crippen LogP contribution < -0.4 is 9.47 Å². The van der Waals surface area contributed by atoms with Crippen LogP contribution in [0.4, 0.5) is 0 Å². The van der Waals surface area contributed by atoms with Crippen LogP contribution in [-0.4, -0.2) is 6.79 Å². The minimum atomic E-state index is 0.208. The van der Waals surface area contributed by atoms with Gasteiger partial charge >= 0.3 is 0 Å². The van der Waals surface area contributed by atoms with E-state index in [0.29, 0.717) is 22.4 Å². The van der Waals surface area contributed by atoms with Gasteiger partial charge in [0.25, 0.3) is 0 Å². The Morgan fingerprint density at radius 3 is 2.77 bits per heavy atom. The maximum absolute atomic E-state index is 6.02. The molecule has 0 aliphatic carbocycles. The zero-order valence-electron chi connectivity index (χ0n) is 6.44. The van der Waals surface area contributed by atoms with E-state index >= 15 is 0 Å². The van der Waals surface area contributed by atoms with Crippen LogP contribution in [0.25, 0.3) is 0 Å². The fraction of sp³-hybridized carbons (Fsp3) is 0.250. The second kappa shape index (κ2) is 3.56. The lowest BCUT2D eigenvalue weighted by Crippen LogP contribution is -1.93. The first-order valence-corrected chi connectivity index (χ1v) is 5.27. The molecule has 13 heavy (non-hydrogen) atoms. The first kappa shape index (κ1) is 9.44. The lowest BCUT2D eigenvalue weighted by molar-refractivity contribution is 0.173. The number of alkyl halides is 1. The van der Waals surface area contributed by atoms with Gasteiger partial charge in [0.15, 0.2) is 11.5 Å². The summed E-state index contributed by atoms with van der Waals surface area (Å²) in [6.07, 6.45) is 0. The van der Waals surface area contributed by atoms with Gasteiger partial charge < -0.3 is 9.47 Å². The van der Waals surface area contributed by atoms with Crippen LogP contribution >= 0.6 is 39.1 Å². The summed E-state index contributed by atoms with van der Waals surface area (Å²) in [7, 11) is 0. The zero-order valence-corrected chi connectivity index (χ0v) is 9.54. The van der Waals surface area contributed by atoms with Crippen LogP contribution in [0.15, 0.2) is 10.5 Å². The number of rotatable bonds is 1. The molecular weight excluding hydrogens is 279 g/mol. The van der Waals surface area contributed by atoms with Crippen molar-refractivity contribution in [1.82, 2.24) is 0 Å². The Morgan fingerprint density at radius 2 is 2.08 bits per heavy atom. The summed E-state index contributed by atoms with van der Waals surface area (Å²) >= 11 is 15.1. The van der Waals surface area contributed by atoms with Gasteiger partial charge in [0.05, 0.1) is 9.50 Å². The molecule has 0 N–H and O–H groups in total. The third-order valence-electron chi connectivity index (χ3n) is 1.76. The molecule has 0 radical (unpaired) electrons. The quantitative estimate of drug-likeness (QED) is 0.734. The Kier molecular flexibility index (Phi) is 2.58. The highest BCUT2D eigenvalue weighted by Gasteiger charge is 2.22. The maximum atomic E-state index is 6.02. The van der Waals surface area contributed by atoms with Gasteiger partial charge in [-0.15, -0.1) is 11.6 Å². The third kappa shape index (κ3) is 1.49. The molecule has 1 aromatic carbocycles. The lowest BCUT2D eigenvalue weighted by Gasteiger charge is -2.05. The van der Waals surface area contributed by atoms with Crippen LogP contribution in [0.2, 0.25) is 5.02 Å². The minimum Gasteiger partial charge on any atom is -0.452 e. The largest absolute Gasteiger partial charge is 0.452 e. The lowest BCUT2D eigenvalue weighted by atomic mass is 10.2. The van der Waals surface area contributed by atoms with Crippen molar-refractivity contribution >= 4 is 39.1 Å². The van der Waals surface area contributed by atoms with Crippen LogP contribution in [0, 0.1) is 0 Å². The van der Waals surface area contributed by atoms with Crippen molar-refractivity contribution in [3.63, 3.8) is 0 Å². The van der Waals surface area contributed by atoms with Crippen molar-refractivity contribution in [2.24, 2.45) is 0 Å². The Balaban J connectivity index is 2.62. The van der Waals surface area contributed by atoms with E-state index in [4.69, 9.17) is 32.7 Å². The van der Waals surface area contributed by atoms with Gasteiger partial charge in [0.2, 0.25) is 6.79 Å². The van der Waals surface area contributed by atoms with Crippen molar-refractivity contribution in [2.75, 3.05) is 6.79 Å². The normalized spacial score (nSPS) is 13.5. The third-order valence-corrected chi connectivity index (χ3v) is 3.05. The molecule has 0 unspecified atom stereocenters. The van der Waals surface area contributed by atoms with E-state index in [9.17, 15) is 0 Å². The first-order chi connectivity index (χ1) is 6.24. The van der Waals surface area contributed by atoms with E-state index < -0.39 is 0 Å². The van der Waals surface area contributed by atoms with E-state index in [0.717, 1.165) is 10.0 Å². The highest BCUT2D eigenvalue weighted by Crippen LogP contribution is 2.46. The average Bonchev–Trinajstić information content (AvgIpc) is 2.60. The molecule has 1 aromatic rings. The van der Waals surface area contributed by atoms with Gasteiger partial charge in [-0.3, -0.25) is 0 Å². The van der Waals surface area contributed by atoms with E-state index in [1.165, 1.54) is 0 Å². The predicted molar refractivity (Wildman–Crippen MR) is 54.8 cm³/mol. The zero-order chi connectivity index (χ0) is 9.42. The van der Waals surface area contributed by atoms with Gasteiger partial charge in [-0.05, 0) is 27.6 Å². The summed E-state index contributed by atoms with van der Waals surface area (Å²) in [6, 6.07) is 1.84. The molecule has 0 fully saturated rings. The molecule has 70 valence electrons. The summed E-state index contributed by atoms with van der Waals surface area (Å²) < 4.78 is 11.2. The second-order valence-electron chi connectivity index (χ2n) is 2.53. The number of halogens is 3. The molecule has 0 aromatic heterocycles. The Bertz CT molecular complexity index is 354. The SMILES string of the molecule is ClCc1cc(Br)c2c(c1Cl)OCO2. The first-order valence-electron chi connectivity index (χ1n) is 3.56. The van der Waals surface area contributed by atoms with E-state index in [1.807, 2.05) is 6.07 Å². The number of fused-ring (bicyclic) bond motifs is 1. The van der Waals surface area contributed by atoms with Crippen molar-refractivity contribution in [3.8, 4) is 11.5 Å². The van der Waals surface area contributed by atoms with E-state index in [1.54, 1.807) is 0 Å². The topological polar surface area (TPSA) is 18.5 Å². The molecule has 2 nitrogen and oxygen atoms in total. The molecule has 2 rings (SSSR count). The molecule has 1 aliphatic rings. The Hall–Kier alpha value is -0.120. The van der Waals surface area contributed by atoms with Crippen molar-refractivity contribution < 1.29 is 9.47 Å². The summed E-state index contributed by atoms with van der Waals surface area (Å²) in [6.45, 7) is 0.208. The summed E-state index contributed by atoms with van der Waals surface area (Å²) in [5.41, 5.74) is 0.833. The molecule has 0 amide bonds. The van der Waals surface area contributed by atoms with Crippen molar-refractivity contribution in [1.29, 1.82) is 0 Å². The molecule has 1 heterocycles. The fourth-order valence-corrected chi connectivity index (χ4v) is 2.26. The van der Waals surface area contributed by atoms with Crippen LogP contribution in [-0.2, 0) is 5.88 Å². The van der Waals surface area contributed by atoms with Gasteiger partial charge in [-0.25, -0.2) is 0 Å². The Morgan fingerprint density at radius 1 is 1.38 bits per heavy atom. The van der Waals surface area contributed by atoms with E-state index in [-0.39, 0.29) is 6.79 Å². The monoisotopic (exact) mass is 282 g/mol. The summed E-state index contributed by atoms with van der Waals surface area (Å²) in [5.74, 6) is 1.58. The number of hydrogen-bond acceptors (Lipinski definition) is 2. The summed E-state index contributed by atoms with van der Waals surface area (Å²) in [5, 5.41) is 0.533. The fourth-order valence-electron chi connectivity index (χ4n) is 1.14. The second-order valence-corrected chi connectivity index (χ2v) is 4.03. The predicted octanol–water partition coefficient (Wildman–Crippen LogP) is 3.57. The van der Waals surface area contributed by atoms with Gasteiger partial charge in [-0.1, -0.05) is 11.6 Å². The summed E-state index contributed by atoms with van der Waals surface area (Å²) in [4.78, 5) is 0. The average molecular weight is 284 g/mol. The van der Waals surface area contributed by atoms with Crippen LogP contribution in [0.5, 0.6) is 11.5 Å². The molecule has 1 aliphatic heterocycles. The van der Waals surface area contributed by atoms with Crippen LogP contribution in [0.1, 0.15) is 5.56 Å². The molecular formula is C8H5BrCl2O2. The number of hydrogen-bond donors (Lipinski definition) is 0. The van der Waals surface area contributed by atoms with Gasteiger partial charge in [0.1, 0.15) is 0 Å². The van der Waals surface area contributed by atoms with Crippen molar-refractivity contribution in [2.45, 2.75) is 5.88 Å². The number of benzene rings is 1. The molecule has 0 saturated heterocycles. The molecule has 0 saturated carbocycles. The maximum Gasteiger partial charge on any atom is 0.231 e. The van der Waals surface area contributed by atoms with Gasteiger partial charge in [0, 0.05) is 5.88 Å². The highest BCUT2D eigenvalue weighted by atomic mass is 79.9. The minimum absolute atomic E-state index is 0.208. The van der Waals surface area contributed by atoms with Crippen LogP contribution in [0.3, 0.4) is 0 Å². The molecule has 0 spiro atoms. The van der Waals surface area contributed by atoms with Crippen molar-refractivity contribution in [3.05, 3.63) is 21.1 Å².